The van der Waals surface area contributed by atoms with Crippen molar-refractivity contribution >= 4 is 21.8 Å². The van der Waals surface area contributed by atoms with Crippen molar-refractivity contribution in [1.29, 1.82) is 0 Å². The van der Waals surface area contributed by atoms with Crippen molar-refractivity contribution < 1.29 is 0 Å². The highest BCUT2D eigenvalue weighted by Gasteiger charge is 2.26. The van der Waals surface area contributed by atoms with E-state index in [2.05, 4.69) is 168 Å². The van der Waals surface area contributed by atoms with Gasteiger partial charge in [-0.25, -0.2) is 15.0 Å². The van der Waals surface area contributed by atoms with Crippen LogP contribution in [0, 0.1) is 0 Å². The molecule has 0 N–H and O–H groups in total. The van der Waals surface area contributed by atoms with Crippen LogP contribution in [0.1, 0.15) is 22.6 Å². The molecule has 11 rings (SSSR count). The average Bonchev–Trinajstić information content (AvgIpc) is 3.63. The third-order valence-corrected chi connectivity index (χ3v) is 11.7. The fourth-order valence-electron chi connectivity index (χ4n) is 8.91. The summed E-state index contributed by atoms with van der Waals surface area (Å²) in [6, 6.07) is 71.5. The molecule has 1 aliphatic rings. The van der Waals surface area contributed by atoms with Crippen molar-refractivity contribution in [1.82, 2.24) is 19.5 Å². The highest BCUT2D eigenvalue weighted by molar-refractivity contribution is 6.10. The second-order valence-corrected chi connectivity index (χ2v) is 15.2. The molecule has 0 amide bonds. The molecule has 0 bridgehead atoms. The second kappa shape index (κ2) is 14.3. The molecule has 10 aromatic rings. The van der Waals surface area contributed by atoms with Crippen molar-refractivity contribution in [2.45, 2.75) is 18.8 Å². The quantitative estimate of drug-likeness (QED) is 0.163. The molecule has 4 nitrogen and oxygen atoms in total. The lowest BCUT2D eigenvalue weighted by Gasteiger charge is -2.28. The summed E-state index contributed by atoms with van der Waals surface area (Å²) >= 11 is 0. The van der Waals surface area contributed by atoms with Crippen LogP contribution in [0.25, 0.3) is 83.9 Å². The van der Waals surface area contributed by atoms with Crippen LogP contribution in [-0.4, -0.2) is 19.5 Å². The predicted octanol–water partition coefficient (Wildman–Crippen LogP) is 13.2. The molecule has 2 aromatic heterocycles. The smallest absolute Gasteiger partial charge is 0.164 e. The van der Waals surface area contributed by atoms with Gasteiger partial charge in [-0.1, -0.05) is 158 Å². The minimum atomic E-state index is 0.336. The summed E-state index contributed by atoms with van der Waals surface area (Å²) in [5, 5.41) is 2.53. The van der Waals surface area contributed by atoms with E-state index in [1.807, 2.05) is 36.4 Å². The van der Waals surface area contributed by atoms with Crippen LogP contribution in [0.2, 0.25) is 0 Å². The van der Waals surface area contributed by atoms with Crippen molar-refractivity contribution in [2.75, 3.05) is 0 Å². The number of nitrogens with zero attached hydrogens (tertiary/aromatic N) is 4. The molecule has 0 aliphatic heterocycles. The number of rotatable bonds is 7. The maximum Gasteiger partial charge on any atom is 0.164 e. The van der Waals surface area contributed by atoms with Gasteiger partial charge in [-0.2, -0.15) is 0 Å². The Morgan fingerprint density at radius 1 is 0.414 bits per heavy atom. The minimum Gasteiger partial charge on any atom is -0.309 e. The number of aromatic nitrogens is 4. The molecule has 4 heteroatoms. The summed E-state index contributed by atoms with van der Waals surface area (Å²) in [5.74, 6) is 2.36. The van der Waals surface area contributed by atoms with E-state index in [1.54, 1.807) is 0 Å². The van der Waals surface area contributed by atoms with Crippen LogP contribution in [0.4, 0.5) is 0 Å². The van der Waals surface area contributed by atoms with E-state index in [0.717, 1.165) is 29.5 Å². The van der Waals surface area contributed by atoms with Gasteiger partial charge >= 0.3 is 0 Å². The first-order chi connectivity index (χ1) is 28.7. The normalized spacial score (nSPS) is 13.3. The van der Waals surface area contributed by atoms with Gasteiger partial charge in [-0.3, -0.25) is 0 Å². The topological polar surface area (TPSA) is 43.6 Å². The van der Waals surface area contributed by atoms with E-state index in [-0.39, 0.29) is 0 Å². The van der Waals surface area contributed by atoms with Gasteiger partial charge in [0.25, 0.3) is 0 Å². The Bertz CT molecular complexity index is 3060. The van der Waals surface area contributed by atoms with Crippen molar-refractivity contribution in [3.05, 3.63) is 217 Å². The lowest BCUT2D eigenvalue weighted by atomic mass is 9.75. The largest absolute Gasteiger partial charge is 0.309 e. The minimum absolute atomic E-state index is 0.336. The van der Waals surface area contributed by atoms with E-state index in [1.165, 1.54) is 66.4 Å². The Balaban J connectivity index is 0.927. The number of hydrogen-bond donors (Lipinski definition) is 0. The summed E-state index contributed by atoms with van der Waals surface area (Å²) in [4.78, 5) is 14.9. The van der Waals surface area contributed by atoms with Crippen molar-refractivity contribution in [3.8, 4) is 62.1 Å². The van der Waals surface area contributed by atoms with Crippen LogP contribution in [0.3, 0.4) is 0 Å². The molecule has 8 aromatic carbocycles. The van der Waals surface area contributed by atoms with Crippen LogP contribution in [-0.2, 0) is 12.8 Å². The molecule has 0 radical (unpaired) electrons. The van der Waals surface area contributed by atoms with Gasteiger partial charge in [-0.05, 0) is 100 Å². The highest BCUT2D eigenvalue weighted by atomic mass is 15.0. The summed E-state index contributed by atoms with van der Waals surface area (Å²) < 4.78 is 2.38. The fraction of sp³-hybridized carbons (Fsp3) is 0.0556. The van der Waals surface area contributed by atoms with Crippen LogP contribution in [0.5, 0.6) is 0 Å². The Hall–Kier alpha value is -7.43. The van der Waals surface area contributed by atoms with Crippen LogP contribution >= 0.6 is 0 Å². The van der Waals surface area contributed by atoms with E-state index in [0.29, 0.717) is 23.4 Å². The van der Waals surface area contributed by atoms with Gasteiger partial charge in [0.15, 0.2) is 17.5 Å². The number of fused-ring (bicyclic) bond motifs is 6. The van der Waals surface area contributed by atoms with E-state index in [4.69, 9.17) is 15.0 Å². The van der Waals surface area contributed by atoms with Gasteiger partial charge in [0, 0.05) is 33.2 Å². The lowest BCUT2D eigenvalue weighted by molar-refractivity contribution is 0.673. The first kappa shape index (κ1) is 33.9. The van der Waals surface area contributed by atoms with Gasteiger partial charge in [0.2, 0.25) is 0 Å². The Morgan fingerprint density at radius 3 is 1.76 bits per heavy atom. The maximum atomic E-state index is 5.01. The summed E-state index contributed by atoms with van der Waals surface area (Å²) in [5.41, 5.74) is 15.7. The predicted molar refractivity (Wildman–Crippen MR) is 238 cm³/mol. The van der Waals surface area contributed by atoms with Gasteiger partial charge in [-0.15, -0.1) is 0 Å². The van der Waals surface area contributed by atoms with Crippen molar-refractivity contribution in [2.24, 2.45) is 0 Å². The zero-order valence-electron chi connectivity index (χ0n) is 31.8. The zero-order chi connectivity index (χ0) is 38.4. The van der Waals surface area contributed by atoms with E-state index in [9.17, 15) is 0 Å². The third kappa shape index (κ3) is 6.07. The Morgan fingerprint density at radius 2 is 1.00 bits per heavy atom. The summed E-state index contributed by atoms with van der Waals surface area (Å²) in [7, 11) is 0. The molecule has 0 fully saturated rings. The highest BCUT2D eigenvalue weighted by Crippen LogP contribution is 2.43. The second-order valence-electron chi connectivity index (χ2n) is 15.2. The van der Waals surface area contributed by atoms with Gasteiger partial charge in [0.1, 0.15) is 0 Å². The molecule has 274 valence electrons. The van der Waals surface area contributed by atoms with E-state index < -0.39 is 0 Å². The molecule has 1 aliphatic carbocycles. The first-order valence-corrected chi connectivity index (χ1v) is 20.0. The van der Waals surface area contributed by atoms with Crippen molar-refractivity contribution in [3.63, 3.8) is 0 Å². The number of hydrogen-bond acceptors (Lipinski definition) is 3. The Kier molecular flexibility index (Phi) is 8.32. The van der Waals surface area contributed by atoms with E-state index >= 15 is 0 Å². The molecule has 2 heterocycles. The molecule has 0 spiro atoms. The fourth-order valence-corrected chi connectivity index (χ4v) is 8.91. The Labute approximate surface area is 337 Å². The maximum absolute atomic E-state index is 5.01. The molecule has 1 atom stereocenters. The molecule has 0 saturated heterocycles. The summed E-state index contributed by atoms with van der Waals surface area (Å²) in [6.45, 7) is 0. The third-order valence-electron chi connectivity index (χ3n) is 11.7. The van der Waals surface area contributed by atoms with Gasteiger partial charge < -0.3 is 4.57 Å². The zero-order valence-corrected chi connectivity index (χ0v) is 31.8. The molecular formula is C54H38N4. The molecule has 0 saturated carbocycles. The average molecular weight is 743 g/mol. The first-order valence-electron chi connectivity index (χ1n) is 20.0. The monoisotopic (exact) mass is 742 g/mol. The van der Waals surface area contributed by atoms with Gasteiger partial charge in [0.05, 0.1) is 11.0 Å². The molecular weight excluding hydrogens is 705 g/mol. The molecule has 58 heavy (non-hydrogen) atoms. The standard InChI is InChI=1S/C54H38N4/c1-4-16-37(17-5-1)52-55-53(38-18-6-2-7-19-38)57-54(56-52)42-20-14-15-36(31-42)32-43-33-41-28-27-39(34-48(41)46-24-11-10-23-45(43)46)40-29-30-51-49(35-40)47-25-12-13-26-50(47)58(51)44-21-8-3-9-22-44/h1-31,34-35,43H,32-33H2. The van der Waals surface area contributed by atoms with Crippen LogP contribution < -0.4 is 0 Å². The lowest BCUT2D eigenvalue weighted by Crippen LogP contribution is -2.14. The summed E-state index contributed by atoms with van der Waals surface area (Å²) in [6.07, 6.45) is 1.89. The molecule has 1 unspecified atom stereocenters. The van der Waals surface area contributed by atoms with Crippen LogP contribution in [0.15, 0.2) is 200 Å². The number of para-hydroxylation sites is 2. The number of benzene rings is 8. The SMILES string of the molecule is c1ccc(-c2nc(-c3ccccc3)nc(-c3cccc(CC4Cc5ccc(-c6ccc7c(c6)c6ccccc6n7-c6ccccc6)cc5-c5ccccc54)c3)n2)cc1.